The van der Waals surface area contributed by atoms with E-state index in [9.17, 15) is 9.90 Å². The monoisotopic (exact) mass is 544 g/mol. The van der Waals surface area contributed by atoms with E-state index in [4.69, 9.17) is 14.2 Å². The lowest BCUT2D eigenvalue weighted by Crippen LogP contribution is -2.19. The Morgan fingerprint density at radius 2 is 1.38 bits per heavy atom. The van der Waals surface area contributed by atoms with Crippen LogP contribution in [0.4, 0.5) is 0 Å². The molecule has 0 unspecified atom stereocenters. The molecule has 0 fully saturated rings. The number of hydrogen-bond donors (Lipinski definition) is 1. The zero-order valence-corrected chi connectivity index (χ0v) is 25.1. The minimum absolute atomic E-state index is 0.0985. The summed E-state index contributed by atoms with van der Waals surface area (Å²) in [6.45, 7) is 4.56. The predicted molar refractivity (Wildman–Crippen MR) is 162 cm³/mol. The fourth-order valence-corrected chi connectivity index (χ4v) is 4.47. The molecule has 1 aromatic carbocycles. The molecule has 2 atom stereocenters. The summed E-state index contributed by atoms with van der Waals surface area (Å²) in [5.74, 6) is 0.654. The van der Waals surface area contributed by atoms with Gasteiger partial charge in [-0.2, -0.15) is 0 Å². The van der Waals surface area contributed by atoms with Crippen LogP contribution >= 0.6 is 0 Å². The normalized spacial score (nSPS) is 13.2. The molecule has 0 aromatic heterocycles. The summed E-state index contributed by atoms with van der Waals surface area (Å²) in [5.41, 5.74) is 1.08. The predicted octanol–water partition coefficient (Wildman–Crippen LogP) is 8.88. The van der Waals surface area contributed by atoms with Gasteiger partial charge in [-0.3, -0.25) is 4.79 Å². The van der Waals surface area contributed by atoms with E-state index in [0.29, 0.717) is 19.6 Å². The second-order valence-electron chi connectivity index (χ2n) is 10.5. The van der Waals surface area contributed by atoms with Crippen molar-refractivity contribution in [2.75, 3.05) is 13.7 Å². The van der Waals surface area contributed by atoms with E-state index >= 15 is 0 Å². The Kier molecular flexibility index (Phi) is 22.3. The van der Waals surface area contributed by atoms with Crippen LogP contribution in [0.5, 0.6) is 5.75 Å². The summed E-state index contributed by atoms with van der Waals surface area (Å²) >= 11 is 0. The first-order valence-corrected chi connectivity index (χ1v) is 15.4. The highest BCUT2D eigenvalue weighted by molar-refractivity contribution is 5.69. The third-order valence-corrected chi connectivity index (χ3v) is 6.80. The number of allylic oxidation sites excluding steroid dienone is 3. The molecule has 1 rings (SSSR count). The Bertz CT molecular complexity index is 753. The van der Waals surface area contributed by atoms with Gasteiger partial charge in [-0.25, -0.2) is 0 Å². The van der Waals surface area contributed by atoms with Gasteiger partial charge in [-0.05, 0) is 70.1 Å². The zero-order chi connectivity index (χ0) is 28.4. The Labute approximate surface area is 239 Å². The van der Waals surface area contributed by atoms with E-state index in [0.717, 1.165) is 43.4 Å². The van der Waals surface area contributed by atoms with Gasteiger partial charge < -0.3 is 19.3 Å². The van der Waals surface area contributed by atoms with E-state index in [1.807, 2.05) is 38.1 Å². The van der Waals surface area contributed by atoms with Gasteiger partial charge in [0.05, 0.1) is 39.0 Å². The third-order valence-electron chi connectivity index (χ3n) is 6.80. The average Bonchev–Trinajstić information content (AvgIpc) is 2.93. The quantitative estimate of drug-likeness (QED) is 0.0756. The van der Waals surface area contributed by atoms with Crippen LogP contribution < -0.4 is 4.74 Å². The molecule has 5 nitrogen and oxygen atoms in total. The van der Waals surface area contributed by atoms with Gasteiger partial charge >= 0.3 is 5.97 Å². The molecule has 0 aliphatic carbocycles. The van der Waals surface area contributed by atoms with Crippen molar-refractivity contribution >= 4 is 5.97 Å². The number of aliphatic hydroxyl groups is 1. The van der Waals surface area contributed by atoms with Crippen molar-refractivity contribution in [2.45, 2.75) is 135 Å². The Morgan fingerprint density at radius 1 is 0.821 bits per heavy atom. The van der Waals surface area contributed by atoms with Crippen LogP contribution in [0.3, 0.4) is 0 Å². The molecule has 1 aromatic rings. The lowest BCUT2D eigenvalue weighted by Gasteiger charge is -2.17. The number of aliphatic hydroxyl groups excluding tert-OH is 1. The molecule has 0 aliphatic heterocycles. The largest absolute Gasteiger partial charge is 0.497 e. The van der Waals surface area contributed by atoms with Crippen molar-refractivity contribution in [3.8, 4) is 5.75 Å². The number of hydrogen-bond acceptors (Lipinski definition) is 5. The Morgan fingerprint density at radius 3 is 1.97 bits per heavy atom. The molecule has 39 heavy (non-hydrogen) atoms. The van der Waals surface area contributed by atoms with E-state index in [1.165, 1.54) is 64.2 Å². The molecule has 0 aliphatic rings. The summed E-state index contributed by atoms with van der Waals surface area (Å²) in [6, 6.07) is 7.87. The molecule has 0 saturated carbocycles. The maximum Gasteiger partial charge on any atom is 0.308 e. The fourth-order valence-electron chi connectivity index (χ4n) is 4.47. The topological polar surface area (TPSA) is 65.0 Å². The van der Waals surface area contributed by atoms with E-state index in [2.05, 4.69) is 24.3 Å². The van der Waals surface area contributed by atoms with Crippen molar-refractivity contribution < 1.29 is 24.1 Å². The van der Waals surface area contributed by atoms with Crippen molar-refractivity contribution in [3.63, 3.8) is 0 Å². The van der Waals surface area contributed by atoms with E-state index < -0.39 is 0 Å². The molecule has 1 N–H and O–H groups in total. The van der Waals surface area contributed by atoms with Crippen molar-refractivity contribution in [2.24, 2.45) is 0 Å². The summed E-state index contributed by atoms with van der Waals surface area (Å²) in [7, 11) is 1.66. The number of ether oxygens (including phenoxy) is 3. The number of carbonyl (C=O) groups excluding carboxylic acids is 1. The molecular formula is C34H56O5. The smallest absolute Gasteiger partial charge is 0.308 e. The molecule has 0 radical (unpaired) electrons. The van der Waals surface area contributed by atoms with Gasteiger partial charge in [0.15, 0.2) is 0 Å². The van der Waals surface area contributed by atoms with Crippen molar-refractivity contribution in [1.29, 1.82) is 0 Å². The third kappa shape index (κ3) is 21.4. The molecule has 0 spiro atoms. The maximum absolute atomic E-state index is 12.0. The average molecular weight is 545 g/mol. The van der Waals surface area contributed by atoms with Gasteiger partial charge in [-0.15, -0.1) is 0 Å². The highest BCUT2D eigenvalue weighted by Gasteiger charge is 2.15. The minimum Gasteiger partial charge on any atom is -0.497 e. The second-order valence-corrected chi connectivity index (χ2v) is 10.5. The summed E-state index contributed by atoms with van der Waals surface area (Å²) in [5, 5.41) is 9.21. The summed E-state index contributed by atoms with van der Waals surface area (Å²) in [6.07, 6.45) is 26.6. The molecule has 0 bridgehead atoms. The van der Waals surface area contributed by atoms with Gasteiger partial charge in [0.1, 0.15) is 5.75 Å². The first-order chi connectivity index (χ1) is 19.0. The summed E-state index contributed by atoms with van der Waals surface area (Å²) < 4.78 is 16.5. The number of benzene rings is 1. The number of methoxy groups -OCH3 is 1. The van der Waals surface area contributed by atoms with Crippen molar-refractivity contribution in [1.82, 2.24) is 0 Å². The standard InChI is InChI=1S/C34H56O5/c1-4-38-34(36)28-33(39-29-31-24-26-32(37-3)27-25-31)23-21-19-17-15-13-11-9-7-5-6-8-10-12-14-16-18-20-22-30(2)35/h10,12,18,20,24-27,30,33,35H,4-9,11,13-17,19,21-23,28-29H2,1-3H3/b12-10+,20-18+/t30-,33-/m1/s1. The number of carbonyl (C=O) groups is 1. The molecule has 222 valence electrons. The molecular weight excluding hydrogens is 488 g/mol. The molecule has 0 heterocycles. The summed E-state index contributed by atoms with van der Waals surface area (Å²) in [4.78, 5) is 12.0. The van der Waals surface area contributed by atoms with Crippen LogP contribution in [0.1, 0.15) is 122 Å². The first-order valence-electron chi connectivity index (χ1n) is 15.4. The zero-order valence-electron chi connectivity index (χ0n) is 25.1. The van der Waals surface area contributed by atoms with Crippen molar-refractivity contribution in [3.05, 3.63) is 54.1 Å². The van der Waals surface area contributed by atoms with Crippen LogP contribution in [0.15, 0.2) is 48.6 Å². The van der Waals surface area contributed by atoms with Crippen LogP contribution in [0.25, 0.3) is 0 Å². The minimum atomic E-state index is -0.233. The maximum atomic E-state index is 12.0. The number of unbranched alkanes of at least 4 members (excludes halogenated alkanes) is 11. The van der Waals surface area contributed by atoms with Gasteiger partial charge in [0.25, 0.3) is 0 Å². The van der Waals surface area contributed by atoms with Crippen LogP contribution in [0.2, 0.25) is 0 Å². The number of rotatable bonds is 25. The first kappa shape index (κ1) is 34.9. The van der Waals surface area contributed by atoms with Crippen LogP contribution in [0, 0.1) is 0 Å². The highest BCUT2D eigenvalue weighted by Crippen LogP contribution is 2.18. The fraction of sp³-hybridized carbons (Fsp3) is 0.676. The second kappa shape index (κ2) is 24.9. The SMILES string of the molecule is CCOC(=O)C[C@@H](CCCCCCCCCCCC/C=C/CC/C=C/C[C@@H](C)O)OCc1ccc(OC)cc1. The van der Waals surface area contributed by atoms with Gasteiger partial charge in [0, 0.05) is 0 Å². The lowest BCUT2D eigenvalue weighted by atomic mass is 10.0. The van der Waals surface area contributed by atoms with Crippen LogP contribution in [-0.4, -0.2) is 37.0 Å². The lowest BCUT2D eigenvalue weighted by molar-refractivity contribution is -0.146. The molecule has 5 heteroatoms. The number of esters is 1. The Hall–Kier alpha value is -2.11. The van der Waals surface area contributed by atoms with E-state index in [-0.39, 0.29) is 18.2 Å². The molecule has 0 saturated heterocycles. The van der Waals surface area contributed by atoms with Crippen LogP contribution in [-0.2, 0) is 20.9 Å². The van der Waals surface area contributed by atoms with Gasteiger partial charge in [0.2, 0.25) is 0 Å². The van der Waals surface area contributed by atoms with Gasteiger partial charge in [-0.1, -0.05) is 94.2 Å². The highest BCUT2D eigenvalue weighted by atomic mass is 16.5. The molecule has 0 amide bonds. The Balaban J connectivity index is 2.04. The van der Waals surface area contributed by atoms with E-state index in [1.54, 1.807) is 7.11 Å².